The summed E-state index contributed by atoms with van der Waals surface area (Å²) in [6, 6.07) is 7.46. The number of urea groups is 1. The third-order valence-corrected chi connectivity index (χ3v) is 4.68. The molecular formula is C17H21N3O3S. The van der Waals surface area contributed by atoms with Crippen molar-refractivity contribution in [3.05, 3.63) is 40.3 Å². The second kappa shape index (κ2) is 7.53. The molecule has 1 atom stereocenters. The molecule has 1 aromatic carbocycles. The first-order chi connectivity index (χ1) is 11.7. The molecule has 2 aromatic rings. The molecule has 0 unspecified atom stereocenters. The SMILES string of the molecule is CCN(C[C@H]1COc2ccccc2O1)C(=O)NCc1nc(C)cs1. The van der Waals surface area contributed by atoms with Crippen LogP contribution in [0.5, 0.6) is 11.5 Å². The second-order valence-corrected chi connectivity index (χ2v) is 6.52. The predicted molar refractivity (Wildman–Crippen MR) is 92.7 cm³/mol. The van der Waals surface area contributed by atoms with E-state index in [1.165, 1.54) is 0 Å². The number of likely N-dealkylation sites (N-methyl/N-ethyl adjacent to an activating group) is 1. The monoisotopic (exact) mass is 347 g/mol. The molecule has 0 aliphatic carbocycles. The largest absolute Gasteiger partial charge is 0.486 e. The fourth-order valence-corrected chi connectivity index (χ4v) is 3.21. The Kier molecular flexibility index (Phi) is 5.20. The Morgan fingerprint density at radius 2 is 2.21 bits per heavy atom. The lowest BCUT2D eigenvalue weighted by Gasteiger charge is -2.30. The van der Waals surface area contributed by atoms with Crippen LogP contribution in [0.2, 0.25) is 0 Å². The van der Waals surface area contributed by atoms with E-state index in [0.29, 0.717) is 26.2 Å². The highest BCUT2D eigenvalue weighted by Gasteiger charge is 2.24. The van der Waals surface area contributed by atoms with Crippen molar-refractivity contribution >= 4 is 17.4 Å². The Hall–Kier alpha value is -2.28. The Balaban J connectivity index is 1.53. The Morgan fingerprint density at radius 1 is 1.42 bits per heavy atom. The molecule has 2 heterocycles. The van der Waals surface area contributed by atoms with Crippen LogP contribution >= 0.6 is 11.3 Å². The molecule has 3 rings (SSSR count). The van der Waals surface area contributed by atoms with Gasteiger partial charge in [-0.1, -0.05) is 12.1 Å². The maximum atomic E-state index is 12.4. The van der Waals surface area contributed by atoms with E-state index in [1.54, 1.807) is 16.2 Å². The molecule has 7 heteroatoms. The highest BCUT2D eigenvalue weighted by atomic mass is 32.1. The second-order valence-electron chi connectivity index (χ2n) is 5.58. The van der Waals surface area contributed by atoms with E-state index in [9.17, 15) is 4.79 Å². The molecule has 0 saturated carbocycles. The number of aromatic nitrogens is 1. The molecule has 0 bridgehead atoms. The smallest absolute Gasteiger partial charge is 0.317 e. The van der Waals surface area contributed by atoms with Crippen LogP contribution in [0.4, 0.5) is 4.79 Å². The number of rotatable bonds is 5. The van der Waals surface area contributed by atoms with Crippen molar-refractivity contribution in [3.8, 4) is 11.5 Å². The van der Waals surface area contributed by atoms with Gasteiger partial charge in [0.25, 0.3) is 0 Å². The van der Waals surface area contributed by atoms with Gasteiger partial charge in [0.05, 0.1) is 13.1 Å². The summed E-state index contributed by atoms with van der Waals surface area (Å²) in [5, 5.41) is 5.79. The molecule has 6 nitrogen and oxygen atoms in total. The first-order valence-electron chi connectivity index (χ1n) is 7.98. The van der Waals surface area contributed by atoms with Gasteiger partial charge >= 0.3 is 6.03 Å². The van der Waals surface area contributed by atoms with Gasteiger partial charge in [0.1, 0.15) is 11.6 Å². The van der Waals surface area contributed by atoms with Crippen LogP contribution in [0, 0.1) is 6.92 Å². The number of aryl methyl sites for hydroxylation is 1. The van der Waals surface area contributed by atoms with Crippen LogP contribution in [0.1, 0.15) is 17.6 Å². The van der Waals surface area contributed by atoms with Crippen molar-refractivity contribution in [2.45, 2.75) is 26.5 Å². The van der Waals surface area contributed by atoms with Crippen LogP contribution < -0.4 is 14.8 Å². The summed E-state index contributed by atoms with van der Waals surface area (Å²) in [5.74, 6) is 1.48. The zero-order valence-electron chi connectivity index (χ0n) is 13.8. The molecule has 0 radical (unpaired) electrons. The van der Waals surface area contributed by atoms with Crippen molar-refractivity contribution in [1.29, 1.82) is 0 Å². The number of nitrogens with one attached hydrogen (secondary N) is 1. The summed E-state index contributed by atoms with van der Waals surface area (Å²) in [5.41, 5.74) is 0.975. The van der Waals surface area contributed by atoms with Gasteiger partial charge in [0.15, 0.2) is 17.6 Å². The van der Waals surface area contributed by atoms with E-state index in [1.807, 2.05) is 43.5 Å². The Bertz CT molecular complexity index is 704. The van der Waals surface area contributed by atoms with E-state index in [2.05, 4.69) is 10.3 Å². The van der Waals surface area contributed by atoms with Gasteiger partial charge in [-0.3, -0.25) is 0 Å². The number of hydrogen-bond donors (Lipinski definition) is 1. The fourth-order valence-electron chi connectivity index (χ4n) is 2.50. The number of thiazole rings is 1. The molecule has 128 valence electrons. The van der Waals surface area contributed by atoms with Crippen molar-refractivity contribution in [2.24, 2.45) is 0 Å². The van der Waals surface area contributed by atoms with Gasteiger partial charge < -0.3 is 19.7 Å². The Labute approximate surface area is 145 Å². The number of benzene rings is 1. The quantitative estimate of drug-likeness (QED) is 0.903. The van der Waals surface area contributed by atoms with Crippen molar-refractivity contribution in [2.75, 3.05) is 19.7 Å². The van der Waals surface area contributed by atoms with Crippen LogP contribution in [0.3, 0.4) is 0 Å². The average molecular weight is 347 g/mol. The minimum atomic E-state index is -0.173. The van der Waals surface area contributed by atoms with E-state index in [4.69, 9.17) is 9.47 Å². The molecule has 1 aromatic heterocycles. The summed E-state index contributed by atoms with van der Waals surface area (Å²) in [4.78, 5) is 18.4. The van der Waals surface area contributed by atoms with Crippen LogP contribution in [0.15, 0.2) is 29.6 Å². The van der Waals surface area contributed by atoms with Gasteiger partial charge in [0.2, 0.25) is 0 Å². The molecule has 0 fully saturated rings. The summed E-state index contributed by atoms with van der Waals surface area (Å²) < 4.78 is 11.6. The first-order valence-corrected chi connectivity index (χ1v) is 8.86. The number of hydrogen-bond acceptors (Lipinski definition) is 5. The lowest BCUT2D eigenvalue weighted by atomic mass is 10.2. The van der Waals surface area contributed by atoms with Crippen molar-refractivity contribution in [1.82, 2.24) is 15.2 Å². The Morgan fingerprint density at radius 3 is 2.92 bits per heavy atom. The van der Waals surface area contributed by atoms with E-state index < -0.39 is 0 Å². The normalized spacial score (nSPS) is 15.8. The van der Waals surface area contributed by atoms with Crippen LogP contribution in [-0.2, 0) is 6.54 Å². The molecule has 1 N–H and O–H groups in total. The zero-order chi connectivity index (χ0) is 16.9. The summed E-state index contributed by atoms with van der Waals surface area (Å²) in [7, 11) is 0. The van der Waals surface area contributed by atoms with Crippen LogP contribution in [0.25, 0.3) is 0 Å². The van der Waals surface area contributed by atoms with Crippen molar-refractivity contribution < 1.29 is 14.3 Å². The molecule has 24 heavy (non-hydrogen) atoms. The van der Waals surface area contributed by atoms with Gasteiger partial charge in [0, 0.05) is 17.6 Å². The maximum absolute atomic E-state index is 12.4. The molecule has 0 spiro atoms. The molecule has 1 aliphatic heterocycles. The number of nitrogens with zero attached hydrogens (tertiary/aromatic N) is 2. The van der Waals surface area contributed by atoms with E-state index in [-0.39, 0.29) is 12.1 Å². The topological polar surface area (TPSA) is 63.7 Å². The predicted octanol–water partition coefficient (Wildman–Crippen LogP) is 2.82. The number of amides is 2. The average Bonchev–Trinajstić information content (AvgIpc) is 3.02. The fraction of sp³-hybridized carbons (Fsp3) is 0.412. The van der Waals surface area contributed by atoms with Gasteiger partial charge in [-0.05, 0) is 26.0 Å². The third kappa shape index (κ3) is 3.97. The summed E-state index contributed by atoms with van der Waals surface area (Å²) >= 11 is 1.55. The number of fused-ring (bicyclic) bond motifs is 1. The lowest BCUT2D eigenvalue weighted by Crippen LogP contribution is -2.47. The van der Waals surface area contributed by atoms with E-state index >= 15 is 0 Å². The summed E-state index contributed by atoms with van der Waals surface area (Å²) in [6.45, 7) is 5.85. The number of ether oxygens (including phenoxy) is 2. The first kappa shape index (κ1) is 16.6. The van der Waals surface area contributed by atoms with Gasteiger partial charge in [-0.25, -0.2) is 9.78 Å². The number of carbonyl (C=O) groups is 1. The molecule has 1 aliphatic rings. The lowest BCUT2D eigenvalue weighted by molar-refractivity contribution is 0.0675. The minimum absolute atomic E-state index is 0.118. The van der Waals surface area contributed by atoms with Crippen molar-refractivity contribution in [3.63, 3.8) is 0 Å². The molecule has 2 amide bonds. The third-order valence-electron chi connectivity index (χ3n) is 3.72. The van der Waals surface area contributed by atoms with E-state index in [0.717, 1.165) is 22.2 Å². The highest BCUT2D eigenvalue weighted by molar-refractivity contribution is 7.09. The maximum Gasteiger partial charge on any atom is 0.317 e. The van der Waals surface area contributed by atoms with Gasteiger partial charge in [-0.15, -0.1) is 11.3 Å². The summed E-state index contributed by atoms with van der Waals surface area (Å²) in [6.07, 6.45) is -0.173. The number of carbonyl (C=O) groups excluding carboxylic acids is 1. The standard InChI is InChI=1S/C17H21N3O3S/c1-3-20(17(21)18-8-16-19-12(2)11-24-16)9-13-10-22-14-6-4-5-7-15(14)23-13/h4-7,11,13H,3,8-10H2,1-2H3,(H,18,21)/t13-/m0/s1. The number of para-hydroxylation sites is 2. The molecule has 0 saturated heterocycles. The minimum Gasteiger partial charge on any atom is -0.486 e. The van der Waals surface area contributed by atoms with Crippen LogP contribution in [-0.4, -0.2) is 41.7 Å². The highest BCUT2D eigenvalue weighted by Crippen LogP contribution is 2.30. The zero-order valence-corrected chi connectivity index (χ0v) is 14.6. The molecular weight excluding hydrogens is 326 g/mol. The van der Waals surface area contributed by atoms with Gasteiger partial charge in [-0.2, -0.15) is 0 Å².